The van der Waals surface area contributed by atoms with Gasteiger partial charge in [-0.15, -0.1) is 23.1 Å². The molecule has 0 radical (unpaired) electrons. The maximum atomic E-state index is 12.3. The number of thioether (sulfide) groups is 1. The van der Waals surface area contributed by atoms with Gasteiger partial charge in [-0.1, -0.05) is 0 Å². The summed E-state index contributed by atoms with van der Waals surface area (Å²) in [4.78, 5) is 32.5. The predicted octanol–water partition coefficient (Wildman–Crippen LogP) is 2.57. The molecule has 21 heavy (non-hydrogen) atoms. The van der Waals surface area contributed by atoms with Crippen LogP contribution < -0.4 is 5.56 Å². The summed E-state index contributed by atoms with van der Waals surface area (Å²) < 4.78 is 0. The summed E-state index contributed by atoms with van der Waals surface area (Å²) in [7, 11) is 0. The molecule has 112 valence electrons. The second kappa shape index (κ2) is 5.81. The summed E-state index contributed by atoms with van der Waals surface area (Å²) in [6.07, 6.45) is 4.31. The topological polar surface area (TPSA) is 83.0 Å². The van der Waals surface area contributed by atoms with Crippen LogP contribution in [0.25, 0.3) is 10.2 Å². The van der Waals surface area contributed by atoms with Gasteiger partial charge in [-0.05, 0) is 38.2 Å². The number of hydrogen-bond acceptors (Lipinski definition) is 5. The van der Waals surface area contributed by atoms with E-state index in [1.54, 1.807) is 18.3 Å². The smallest absolute Gasteiger partial charge is 0.316 e. The molecule has 2 N–H and O–H groups in total. The van der Waals surface area contributed by atoms with Gasteiger partial charge in [0.05, 0.1) is 16.4 Å². The lowest BCUT2D eigenvalue weighted by atomic mass is 9.97. The minimum Gasteiger partial charge on any atom is -0.480 e. The second-order valence-corrected chi connectivity index (χ2v) is 7.61. The van der Waals surface area contributed by atoms with E-state index in [9.17, 15) is 9.59 Å². The number of nitrogens with one attached hydrogen (secondary N) is 1. The Morgan fingerprint density at radius 1 is 1.48 bits per heavy atom. The molecule has 5 nitrogen and oxygen atoms in total. The molecule has 1 aliphatic carbocycles. The van der Waals surface area contributed by atoms with Crippen LogP contribution in [-0.4, -0.2) is 26.3 Å². The van der Waals surface area contributed by atoms with Crippen LogP contribution in [0.3, 0.4) is 0 Å². The molecular weight excluding hydrogens is 308 g/mol. The number of aromatic nitrogens is 2. The van der Waals surface area contributed by atoms with Gasteiger partial charge < -0.3 is 10.1 Å². The SMILES string of the molecule is C[C@@H](SCc1nc2sc3c(c2c(=O)[nH]1)CCCC3)C(=O)O. The third-order valence-corrected chi connectivity index (χ3v) is 6.02. The van der Waals surface area contributed by atoms with Crippen LogP contribution in [0.2, 0.25) is 0 Å². The fourth-order valence-electron chi connectivity index (χ4n) is 2.55. The fourth-order valence-corrected chi connectivity index (χ4v) is 4.52. The van der Waals surface area contributed by atoms with Crippen molar-refractivity contribution in [3.05, 3.63) is 26.6 Å². The van der Waals surface area contributed by atoms with Crippen LogP contribution in [0.1, 0.15) is 36.0 Å². The van der Waals surface area contributed by atoms with Gasteiger partial charge in [-0.25, -0.2) is 4.98 Å². The molecule has 0 amide bonds. The van der Waals surface area contributed by atoms with Crippen molar-refractivity contribution in [3.63, 3.8) is 0 Å². The van der Waals surface area contributed by atoms with Gasteiger partial charge in [0.15, 0.2) is 0 Å². The highest BCUT2D eigenvalue weighted by atomic mass is 32.2. The summed E-state index contributed by atoms with van der Waals surface area (Å²) >= 11 is 2.87. The van der Waals surface area contributed by atoms with E-state index in [1.165, 1.54) is 28.6 Å². The van der Waals surface area contributed by atoms with Gasteiger partial charge in [0.1, 0.15) is 10.7 Å². The molecule has 3 rings (SSSR count). The van der Waals surface area contributed by atoms with Crippen molar-refractivity contribution in [2.24, 2.45) is 0 Å². The Labute approximate surface area is 129 Å². The van der Waals surface area contributed by atoms with Crippen molar-refractivity contribution in [1.82, 2.24) is 9.97 Å². The summed E-state index contributed by atoms with van der Waals surface area (Å²) in [5, 5.41) is 9.12. The summed E-state index contributed by atoms with van der Waals surface area (Å²) in [6, 6.07) is 0. The highest BCUT2D eigenvalue weighted by Gasteiger charge is 2.20. The number of carbonyl (C=O) groups is 1. The molecule has 7 heteroatoms. The normalized spacial score (nSPS) is 15.9. The Morgan fingerprint density at radius 3 is 3.00 bits per heavy atom. The largest absolute Gasteiger partial charge is 0.480 e. The van der Waals surface area contributed by atoms with Crippen molar-refractivity contribution in [3.8, 4) is 0 Å². The molecule has 0 saturated carbocycles. The molecule has 0 aromatic carbocycles. The zero-order valence-corrected chi connectivity index (χ0v) is 13.3. The maximum Gasteiger partial charge on any atom is 0.316 e. The number of aliphatic carboxylic acids is 1. The van der Waals surface area contributed by atoms with E-state index in [4.69, 9.17) is 5.11 Å². The molecular formula is C14H16N2O3S2. The molecule has 0 saturated heterocycles. The number of thiophene rings is 1. The van der Waals surface area contributed by atoms with Crippen LogP contribution in [0.5, 0.6) is 0 Å². The minimum atomic E-state index is -0.852. The first kappa shape index (κ1) is 14.6. The molecule has 2 aromatic heterocycles. The first-order valence-electron chi connectivity index (χ1n) is 6.94. The maximum absolute atomic E-state index is 12.3. The minimum absolute atomic E-state index is 0.0852. The first-order valence-corrected chi connectivity index (χ1v) is 8.80. The standard InChI is InChI=1S/C14H16N2O3S2/c1-7(14(18)19)20-6-10-15-12(17)11-8-4-2-3-5-9(8)21-13(11)16-10/h7H,2-6H2,1H3,(H,18,19)(H,15,16,17)/t7-/m1/s1. The molecule has 2 heterocycles. The molecule has 0 aliphatic heterocycles. The third kappa shape index (κ3) is 2.85. The Bertz CT molecular complexity index is 750. The van der Waals surface area contributed by atoms with E-state index in [0.29, 0.717) is 11.6 Å². The predicted molar refractivity (Wildman–Crippen MR) is 85.3 cm³/mol. The lowest BCUT2D eigenvalue weighted by Crippen LogP contribution is -2.15. The lowest BCUT2D eigenvalue weighted by Gasteiger charge is -2.09. The van der Waals surface area contributed by atoms with Crippen LogP contribution in [0.4, 0.5) is 0 Å². The number of fused-ring (bicyclic) bond motifs is 3. The second-order valence-electron chi connectivity index (χ2n) is 5.20. The number of carboxylic acids is 1. The first-order chi connectivity index (χ1) is 10.1. The van der Waals surface area contributed by atoms with E-state index in [0.717, 1.165) is 29.5 Å². The summed E-state index contributed by atoms with van der Waals surface area (Å²) in [6.45, 7) is 1.63. The van der Waals surface area contributed by atoms with Crippen molar-refractivity contribution in [2.75, 3.05) is 0 Å². The average molecular weight is 324 g/mol. The van der Waals surface area contributed by atoms with Crippen LogP contribution in [0, 0.1) is 0 Å². The van der Waals surface area contributed by atoms with Crippen LogP contribution >= 0.6 is 23.1 Å². The van der Waals surface area contributed by atoms with E-state index in [2.05, 4.69) is 9.97 Å². The third-order valence-electron chi connectivity index (χ3n) is 3.69. The fraction of sp³-hybridized carbons (Fsp3) is 0.500. The summed E-state index contributed by atoms with van der Waals surface area (Å²) in [5.41, 5.74) is 1.09. The monoisotopic (exact) mass is 324 g/mol. The summed E-state index contributed by atoms with van der Waals surface area (Å²) in [5.74, 6) is 0.112. The lowest BCUT2D eigenvalue weighted by molar-refractivity contribution is -0.136. The van der Waals surface area contributed by atoms with E-state index in [-0.39, 0.29) is 5.56 Å². The molecule has 2 aromatic rings. The van der Waals surface area contributed by atoms with Crippen LogP contribution in [-0.2, 0) is 23.4 Å². The zero-order chi connectivity index (χ0) is 15.0. The molecule has 1 atom stereocenters. The van der Waals surface area contributed by atoms with Gasteiger partial charge in [0.2, 0.25) is 0 Å². The quantitative estimate of drug-likeness (QED) is 0.903. The zero-order valence-electron chi connectivity index (χ0n) is 11.6. The number of rotatable bonds is 4. The molecule has 0 unspecified atom stereocenters. The Morgan fingerprint density at radius 2 is 2.24 bits per heavy atom. The Hall–Kier alpha value is -1.34. The van der Waals surface area contributed by atoms with E-state index < -0.39 is 11.2 Å². The number of carboxylic acid groups (broad SMARTS) is 1. The molecule has 1 aliphatic rings. The molecule has 0 bridgehead atoms. The number of nitrogens with zero attached hydrogens (tertiary/aromatic N) is 1. The van der Waals surface area contributed by atoms with Crippen LogP contribution in [0.15, 0.2) is 4.79 Å². The van der Waals surface area contributed by atoms with Gasteiger partial charge >= 0.3 is 5.97 Å². The number of aryl methyl sites for hydroxylation is 2. The van der Waals surface area contributed by atoms with Gasteiger partial charge in [0, 0.05) is 4.88 Å². The van der Waals surface area contributed by atoms with E-state index in [1.807, 2.05) is 0 Å². The molecule has 0 fully saturated rings. The van der Waals surface area contributed by atoms with Crippen molar-refractivity contribution in [1.29, 1.82) is 0 Å². The number of H-pyrrole nitrogens is 1. The Kier molecular flexibility index (Phi) is 4.03. The number of hydrogen-bond donors (Lipinski definition) is 2. The Balaban J connectivity index is 1.92. The number of aromatic amines is 1. The molecule has 0 spiro atoms. The van der Waals surface area contributed by atoms with Gasteiger partial charge in [-0.3, -0.25) is 9.59 Å². The van der Waals surface area contributed by atoms with E-state index >= 15 is 0 Å². The highest BCUT2D eigenvalue weighted by molar-refractivity contribution is 7.99. The average Bonchev–Trinajstić information content (AvgIpc) is 2.83. The van der Waals surface area contributed by atoms with Crippen molar-refractivity contribution >= 4 is 39.3 Å². The van der Waals surface area contributed by atoms with Crippen molar-refractivity contribution < 1.29 is 9.90 Å². The van der Waals surface area contributed by atoms with Gasteiger partial charge in [-0.2, -0.15) is 0 Å². The van der Waals surface area contributed by atoms with Crippen molar-refractivity contribution in [2.45, 2.75) is 43.6 Å². The highest BCUT2D eigenvalue weighted by Crippen LogP contribution is 2.33. The van der Waals surface area contributed by atoms with Gasteiger partial charge in [0.25, 0.3) is 5.56 Å².